The number of carbonyl (C=O) groups excluding carboxylic acids is 1. The molecule has 0 bridgehead atoms. The van der Waals surface area contributed by atoms with Crippen LogP contribution in [-0.4, -0.2) is 36.1 Å². The predicted molar refractivity (Wildman–Crippen MR) is 67.4 cm³/mol. The van der Waals surface area contributed by atoms with E-state index in [0.717, 1.165) is 24.1 Å². The monoisotopic (exact) mass is 249 g/mol. The van der Waals surface area contributed by atoms with E-state index < -0.39 is 5.97 Å². The van der Waals surface area contributed by atoms with Crippen LogP contribution in [0.25, 0.3) is 0 Å². The topological polar surface area (TPSA) is 40.1 Å². The van der Waals surface area contributed by atoms with Crippen LogP contribution in [0.5, 0.6) is 0 Å². The summed E-state index contributed by atoms with van der Waals surface area (Å²) in [6.45, 7) is 13.2. The van der Waals surface area contributed by atoms with Gasteiger partial charge >= 0.3 is 0 Å². The molecule has 0 aromatic heterocycles. The number of hydrogen-bond acceptors (Lipinski definition) is 2. The number of carboxylic acid groups (broad SMARTS) is 1. The van der Waals surface area contributed by atoms with Crippen molar-refractivity contribution < 1.29 is 14.4 Å². The second-order valence-corrected chi connectivity index (χ2v) is 4.04. The molecule has 0 aromatic carbocycles. The molecule has 0 amide bonds. The van der Waals surface area contributed by atoms with Crippen LogP contribution < -0.4 is 5.11 Å². The molecular formula is C12H24ClNO2. The highest BCUT2D eigenvalue weighted by molar-refractivity contribution is 5.85. The fourth-order valence-electron chi connectivity index (χ4n) is 2.12. The summed E-state index contributed by atoms with van der Waals surface area (Å²) in [4.78, 5) is 10.6. The normalized spacial score (nSPS) is 14.2. The van der Waals surface area contributed by atoms with Crippen molar-refractivity contribution in [1.29, 1.82) is 0 Å². The first-order chi connectivity index (χ1) is 6.93. The van der Waals surface area contributed by atoms with E-state index in [1.165, 1.54) is 0 Å². The van der Waals surface area contributed by atoms with Crippen LogP contribution in [0, 0.1) is 0 Å². The van der Waals surface area contributed by atoms with Crippen molar-refractivity contribution in [3.05, 3.63) is 11.6 Å². The summed E-state index contributed by atoms with van der Waals surface area (Å²) < 4.78 is 0.921. The number of hydrogen-bond donors (Lipinski definition) is 0. The second kappa shape index (κ2) is 7.69. The molecule has 0 saturated carbocycles. The summed E-state index contributed by atoms with van der Waals surface area (Å²) in [6, 6.07) is 0.225. The van der Waals surface area contributed by atoms with Crippen LogP contribution >= 0.6 is 12.4 Å². The van der Waals surface area contributed by atoms with Crippen molar-refractivity contribution in [2.45, 2.75) is 40.7 Å². The Kier molecular flexibility index (Phi) is 8.57. The third-order valence-electron chi connectivity index (χ3n) is 3.57. The SMILES string of the molecule is CC[N+](CC)(CC)C(C)C=C(C)C(=O)[O-].Cl. The fourth-order valence-corrected chi connectivity index (χ4v) is 2.12. The Bertz CT molecular complexity index is 239. The van der Waals surface area contributed by atoms with Gasteiger partial charge in [-0.15, -0.1) is 12.4 Å². The molecule has 3 nitrogen and oxygen atoms in total. The van der Waals surface area contributed by atoms with Gasteiger partial charge in [-0.3, -0.25) is 0 Å². The van der Waals surface area contributed by atoms with Gasteiger partial charge in [0, 0.05) is 0 Å². The molecule has 16 heavy (non-hydrogen) atoms. The van der Waals surface area contributed by atoms with E-state index in [2.05, 4.69) is 27.7 Å². The van der Waals surface area contributed by atoms with Gasteiger partial charge in [-0.1, -0.05) is 0 Å². The molecule has 0 rings (SSSR count). The molecular weight excluding hydrogens is 226 g/mol. The van der Waals surface area contributed by atoms with Gasteiger partial charge in [0.15, 0.2) is 0 Å². The average molecular weight is 250 g/mol. The molecule has 0 radical (unpaired) electrons. The Hall–Kier alpha value is -0.540. The molecule has 0 saturated heterocycles. The molecule has 0 fully saturated rings. The summed E-state index contributed by atoms with van der Waals surface area (Å²) in [7, 11) is 0. The minimum atomic E-state index is -1.07. The third-order valence-corrected chi connectivity index (χ3v) is 3.57. The minimum absolute atomic E-state index is 0. The van der Waals surface area contributed by atoms with Gasteiger partial charge in [0.25, 0.3) is 0 Å². The second-order valence-electron chi connectivity index (χ2n) is 4.04. The number of carboxylic acids is 1. The quantitative estimate of drug-likeness (QED) is 0.527. The Morgan fingerprint density at radius 2 is 1.62 bits per heavy atom. The number of carbonyl (C=O) groups is 1. The lowest BCUT2D eigenvalue weighted by atomic mass is 10.1. The van der Waals surface area contributed by atoms with Crippen molar-refractivity contribution in [2.75, 3.05) is 19.6 Å². The highest BCUT2D eigenvalue weighted by Crippen LogP contribution is 2.15. The van der Waals surface area contributed by atoms with E-state index in [9.17, 15) is 9.90 Å². The van der Waals surface area contributed by atoms with E-state index in [1.54, 1.807) is 6.92 Å². The van der Waals surface area contributed by atoms with Gasteiger partial charge in [0.2, 0.25) is 0 Å². The predicted octanol–water partition coefficient (Wildman–Crippen LogP) is 1.37. The molecule has 0 aliphatic carbocycles. The van der Waals surface area contributed by atoms with E-state index >= 15 is 0 Å². The van der Waals surface area contributed by atoms with E-state index in [0.29, 0.717) is 5.57 Å². The minimum Gasteiger partial charge on any atom is -0.545 e. The van der Waals surface area contributed by atoms with Crippen LogP contribution in [0.4, 0.5) is 0 Å². The average Bonchev–Trinajstić information content (AvgIpc) is 2.21. The van der Waals surface area contributed by atoms with Gasteiger partial charge < -0.3 is 14.4 Å². The Balaban J connectivity index is 0. The summed E-state index contributed by atoms with van der Waals surface area (Å²) in [5.41, 5.74) is 0.334. The summed E-state index contributed by atoms with van der Waals surface area (Å²) >= 11 is 0. The highest BCUT2D eigenvalue weighted by Gasteiger charge is 2.26. The van der Waals surface area contributed by atoms with Crippen LogP contribution in [0.3, 0.4) is 0 Å². The third kappa shape index (κ3) is 4.14. The number of quaternary nitrogens is 1. The molecule has 0 spiro atoms. The zero-order valence-corrected chi connectivity index (χ0v) is 11.8. The number of nitrogens with zero attached hydrogens (tertiary/aromatic N) is 1. The zero-order valence-electron chi connectivity index (χ0n) is 10.9. The maximum Gasteiger partial charge on any atom is 0.105 e. The maximum absolute atomic E-state index is 10.6. The van der Waals surface area contributed by atoms with Crippen LogP contribution in [0.2, 0.25) is 0 Å². The molecule has 0 aliphatic heterocycles. The van der Waals surface area contributed by atoms with Gasteiger partial charge in [-0.25, -0.2) is 0 Å². The smallest absolute Gasteiger partial charge is 0.105 e. The largest absolute Gasteiger partial charge is 0.545 e. The lowest BCUT2D eigenvalue weighted by Crippen LogP contribution is -2.53. The van der Waals surface area contributed by atoms with Crippen LogP contribution in [-0.2, 0) is 4.79 Å². The number of rotatable bonds is 6. The van der Waals surface area contributed by atoms with Gasteiger partial charge in [-0.05, 0) is 46.3 Å². The molecule has 1 atom stereocenters. The van der Waals surface area contributed by atoms with Crippen molar-refractivity contribution in [2.24, 2.45) is 0 Å². The Labute approximate surface area is 105 Å². The van der Waals surface area contributed by atoms with E-state index in [1.807, 2.05) is 6.08 Å². The Morgan fingerprint density at radius 1 is 1.25 bits per heavy atom. The molecule has 96 valence electrons. The molecule has 0 aromatic rings. The summed E-state index contributed by atoms with van der Waals surface area (Å²) in [5.74, 6) is -1.07. The summed E-state index contributed by atoms with van der Waals surface area (Å²) in [6.07, 6.45) is 1.81. The van der Waals surface area contributed by atoms with Crippen molar-refractivity contribution in [3.63, 3.8) is 0 Å². The number of likely N-dealkylation sites (N-methyl/N-ethyl adjacent to an activating group) is 1. The van der Waals surface area contributed by atoms with Gasteiger partial charge in [-0.2, -0.15) is 0 Å². The highest BCUT2D eigenvalue weighted by atomic mass is 35.5. The van der Waals surface area contributed by atoms with Gasteiger partial charge in [0.1, 0.15) is 6.04 Å². The first-order valence-corrected chi connectivity index (χ1v) is 5.69. The first kappa shape index (κ1) is 17.8. The van der Waals surface area contributed by atoms with Crippen molar-refractivity contribution >= 4 is 18.4 Å². The standard InChI is InChI=1S/C12H23NO2.ClH/c1-6-13(7-2,8-3)11(5)9-10(4)12(14)15;/h9,11H,6-8H2,1-5H3;1H. The Morgan fingerprint density at radius 3 is 1.88 bits per heavy atom. The molecule has 4 heteroatoms. The van der Waals surface area contributed by atoms with E-state index in [-0.39, 0.29) is 18.4 Å². The van der Waals surface area contributed by atoms with Gasteiger partial charge in [0.05, 0.1) is 25.6 Å². The summed E-state index contributed by atoms with van der Waals surface area (Å²) in [5, 5.41) is 10.6. The van der Waals surface area contributed by atoms with Crippen molar-refractivity contribution in [1.82, 2.24) is 0 Å². The lowest BCUT2D eigenvalue weighted by molar-refractivity contribution is -0.938. The number of aliphatic carboxylic acids is 1. The molecule has 0 heterocycles. The number of halogens is 1. The zero-order chi connectivity index (χ0) is 12.1. The van der Waals surface area contributed by atoms with E-state index in [4.69, 9.17) is 0 Å². The van der Waals surface area contributed by atoms with Crippen LogP contribution in [0.1, 0.15) is 34.6 Å². The molecule has 0 N–H and O–H groups in total. The molecule has 0 aliphatic rings. The van der Waals surface area contributed by atoms with Crippen molar-refractivity contribution in [3.8, 4) is 0 Å². The first-order valence-electron chi connectivity index (χ1n) is 5.69. The fraction of sp³-hybridized carbons (Fsp3) is 0.750. The molecule has 1 unspecified atom stereocenters. The lowest BCUT2D eigenvalue weighted by Gasteiger charge is -2.40. The maximum atomic E-state index is 10.6. The van der Waals surface area contributed by atoms with Crippen LogP contribution in [0.15, 0.2) is 11.6 Å².